The van der Waals surface area contributed by atoms with Crippen molar-refractivity contribution in [3.63, 3.8) is 0 Å². The topological polar surface area (TPSA) is 79.3 Å². The van der Waals surface area contributed by atoms with Crippen LogP contribution in [-0.4, -0.2) is 66.2 Å². The van der Waals surface area contributed by atoms with Gasteiger partial charge in [0.2, 0.25) is 0 Å². The highest BCUT2D eigenvalue weighted by atomic mass is 16.5. The van der Waals surface area contributed by atoms with Gasteiger partial charge < -0.3 is 15.4 Å². The van der Waals surface area contributed by atoms with E-state index in [1.54, 1.807) is 6.20 Å². The molecule has 2 fully saturated rings. The number of fused-ring (bicyclic) bond motifs is 1. The molecule has 1 saturated carbocycles. The fourth-order valence-electron chi connectivity index (χ4n) is 5.59. The van der Waals surface area contributed by atoms with Crippen LogP contribution in [0.5, 0.6) is 0 Å². The third-order valence-electron chi connectivity index (χ3n) is 7.64. The normalized spacial score (nSPS) is 23.5. The molecule has 0 radical (unpaired) electrons. The highest BCUT2D eigenvalue weighted by Gasteiger charge is 2.36. The molecule has 0 bridgehead atoms. The lowest BCUT2D eigenvalue weighted by atomic mass is 9.78. The van der Waals surface area contributed by atoms with E-state index in [1.807, 2.05) is 24.4 Å². The number of nitrogens with two attached hydrogens (primary N) is 1. The highest BCUT2D eigenvalue weighted by molar-refractivity contribution is 6.05. The van der Waals surface area contributed by atoms with Gasteiger partial charge in [0.05, 0.1) is 30.1 Å². The van der Waals surface area contributed by atoms with Gasteiger partial charge in [-0.15, -0.1) is 0 Å². The van der Waals surface area contributed by atoms with E-state index in [2.05, 4.69) is 69.0 Å². The molecular formula is C30H32N6O. The van der Waals surface area contributed by atoms with Crippen LogP contribution in [-0.2, 0) is 4.74 Å². The maximum atomic E-state index is 6.45. The first kappa shape index (κ1) is 23.6. The van der Waals surface area contributed by atoms with Gasteiger partial charge in [-0.25, -0.2) is 9.98 Å². The van der Waals surface area contributed by atoms with Gasteiger partial charge >= 0.3 is 0 Å². The quantitative estimate of drug-likeness (QED) is 0.512. The minimum Gasteiger partial charge on any atom is -0.382 e. The molecule has 0 spiro atoms. The summed E-state index contributed by atoms with van der Waals surface area (Å²) in [6.07, 6.45) is 6.15. The van der Waals surface area contributed by atoms with Gasteiger partial charge in [0.15, 0.2) is 0 Å². The Kier molecular flexibility index (Phi) is 6.55. The lowest BCUT2D eigenvalue weighted by Crippen LogP contribution is -2.51. The van der Waals surface area contributed by atoms with Crippen LogP contribution < -0.4 is 5.73 Å². The maximum absolute atomic E-state index is 6.45. The number of pyridine rings is 1. The summed E-state index contributed by atoms with van der Waals surface area (Å²) in [5, 5.41) is 1.07. The molecule has 3 aromatic rings. The molecule has 0 amide bonds. The molecule has 0 atom stereocenters. The second-order valence-electron chi connectivity index (χ2n) is 9.93. The third kappa shape index (κ3) is 4.80. The Morgan fingerprint density at radius 3 is 2.62 bits per heavy atom. The number of nitrogens with zero attached hydrogens (tertiary/aromatic N) is 5. The number of benzene rings is 2. The van der Waals surface area contributed by atoms with Crippen LogP contribution >= 0.6 is 0 Å². The second kappa shape index (κ2) is 10.3. The molecule has 1 aromatic heterocycles. The predicted octanol–water partition coefficient (Wildman–Crippen LogP) is 4.53. The molecule has 2 N–H and O–H groups in total. The van der Waals surface area contributed by atoms with Crippen molar-refractivity contribution in [3.05, 3.63) is 84.3 Å². The monoisotopic (exact) mass is 492 g/mol. The van der Waals surface area contributed by atoms with Gasteiger partial charge in [-0.05, 0) is 37.6 Å². The molecule has 6 rings (SSSR count). The molecule has 7 nitrogen and oxygen atoms in total. The summed E-state index contributed by atoms with van der Waals surface area (Å²) in [6, 6.07) is 21.2. The van der Waals surface area contributed by atoms with Crippen molar-refractivity contribution in [3.8, 4) is 11.3 Å². The van der Waals surface area contributed by atoms with Crippen LogP contribution in [0.4, 0.5) is 0 Å². The Balaban J connectivity index is 1.28. The van der Waals surface area contributed by atoms with Gasteiger partial charge in [0.1, 0.15) is 11.5 Å². The summed E-state index contributed by atoms with van der Waals surface area (Å²) in [7, 11) is 0. The SMILES string of the molecule is C=N/C(=C1/C(N)=NC=CN1CC1CC(N2CCOCC2)C1)c1ccc2ccc(-c3ccccc3)nc2c1. The van der Waals surface area contributed by atoms with Crippen molar-refractivity contribution in [1.82, 2.24) is 14.8 Å². The number of morpholine rings is 1. The molecule has 2 aliphatic heterocycles. The number of aliphatic imine (C=N–C) groups is 2. The van der Waals surface area contributed by atoms with Crippen molar-refractivity contribution in [2.75, 3.05) is 32.8 Å². The van der Waals surface area contributed by atoms with Crippen LogP contribution in [0.2, 0.25) is 0 Å². The molecule has 188 valence electrons. The molecule has 37 heavy (non-hydrogen) atoms. The van der Waals surface area contributed by atoms with E-state index in [4.69, 9.17) is 15.5 Å². The maximum Gasteiger partial charge on any atom is 0.149 e. The summed E-state index contributed by atoms with van der Waals surface area (Å²) in [5.74, 6) is 1.05. The number of hydrogen-bond donors (Lipinski definition) is 1. The molecule has 0 unspecified atom stereocenters. The smallest absolute Gasteiger partial charge is 0.149 e. The van der Waals surface area contributed by atoms with Crippen molar-refractivity contribution in [2.45, 2.75) is 18.9 Å². The van der Waals surface area contributed by atoms with Crippen LogP contribution in [0.3, 0.4) is 0 Å². The van der Waals surface area contributed by atoms with E-state index < -0.39 is 0 Å². The van der Waals surface area contributed by atoms with Gasteiger partial charge in [0, 0.05) is 54.6 Å². The van der Waals surface area contributed by atoms with E-state index in [0.717, 1.165) is 72.0 Å². The standard InChI is InChI=1S/C30H32N6O/c1-32-28(24-8-7-23-9-10-26(34-27(23)19-24)22-5-3-2-4-6-22)29-30(31)33-11-12-36(29)20-21-17-25(18-21)35-13-15-37-16-14-35/h2-12,19,21,25H,1,13-18,20H2,(H2,31,33)/b29-28-. The molecular weight excluding hydrogens is 460 g/mol. The summed E-state index contributed by atoms with van der Waals surface area (Å²) < 4.78 is 5.52. The molecule has 1 saturated heterocycles. The minimum atomic E-state index is 0.458. The minimum absolute atomic E-state index is 0.458. The Morgan fingerprint density at radius 2 is 1.84 bits per heavy atom. The van der Waals surface area contributed by atoms with Crippen molar-refractivity contribution in [2.24, 2.45) is 21.6 Å². The first-order valence-corrected chi connectivity index (χ1v) is 13.0. The summed E-state index contributed by atoms with van der Waals surface area (Å²) in [4.78, 5) is 18.6. The Morgan fingerprint density at radius 1 is 1.05 bits per heavy atom. The van der Waals surface area contributed by atoms with Crippen LogP contribution in [0.1, 0.15) is 18.4 Å². The molecule has 7 heteroatoms. The number of aromatic nitrogens is 1. The predicted molar refractivity (Wildman–Crippen MR) is 150 cm³/mol. The van der Waals surface area contributed by atoms with Crippen molar-refractivity contribution in [1.29, 1.82) is 0 Å². The van der Waals surface area contributed by atoms with Crippen molar-refractivity contribution >= 4 is 29.2 Å². The molecule has 1 aliphatic carbocycles. The van der Waals surface area contributed by atoms with E-state index in [0.29, 0.717) is 17.8 Å². The van der Waals surface area contributed by atoms with E-state index >= 15 is 0 Å². The van der Waals surface area contributed by atoms with Crippen molar-refractivity contribution < 1.29 is 4.74 Å². The number of amidine groups is 1. The van der Waals surface area contributed by atoms with E-state index in [1.165, 1.54) is 12.8 Å². The zero-order valence-electron chi connectivity index (χ0n) is 21.0. The van der Waals surface area contributed by atoms with Crippen LogP contribution in [0.25, 0.3) is 27.9 Å². The molecule has 3 heterocycles. The average molecular weight is 493 g/mol. The van der Waals surface area contributed by atoms with Crippen LogP contribution in [0, 0.1) is 5.92 Å². The first-order chi connectivity index (χ1) is 18.2. The van der Waals surface area contributed by atoms with E-state index in [9.17, 15) is 0 Å². The number of hydrogen-bond acceptors (Lipinski definition) is 7. The largest absolute Gasteiger partial charge is 0.382 e. The molecule has 2 aromatic carbocycles. The number of rotatable bonds is 6. The van der Waals surface area contributed by atoms with Gasteiger partial charge in [-0.2, -0.15) is 0 Å². The summed E-state index contributed by atoms with van der Waals surface area (Å²) in [6.45, 7) is 8.56. The lowest BCUT2D eigenvalue weighted by Gasteiger charge is -2.46. The fraction of sp³-hybridized carbons (Fsp3) is 0.300. The van der Waals surface area contributed by atoms with Crippen LogP contribution in [0.15, 0.2) is 88.7 Å². The number of ether oxygens (including phenoxy) is 1. The Bertz CT molecular complexity index is 1380. The Hall–Kier alpha value is -3.81. The molecule has 3 aliphatic rings. The van der Waals surface area contributed by atoms with Gasteiger partial charge in [-0.1, -0.05) is 48.5 Å². The zero-order chi connectivity index (χ0) is 25.2. The Labute approximate surface area is 217 Å². The first-order valence-electron chi connectivity index (χ1n) is 13.0. The second-order valence-corrected chi connectivity index (χ2v) is 9.93. The summed E-state index contributed by atoms with van der Waals surface area (Å²) >= 11 is 0. The highest BCUT2D eigenvalue weighted by Crippen LogP contribution is 2.35. The summed E-state index contributed by atoms with van der Waals surface area (Å²) in [5.41, 5.74) is 11.8. The third-order valence-corrected chi connectivity index (χ3v) is 7.64. The fourth-order valence-corrected chi connectivity index (χ4v) is 5.59. The average Bonchev–Trinajstić information content (AvgIpc) is 2.92. The van der Waals surface area contributed by atoms with Gasteiger partial charge in [0.25, 0.3) is 0 Å². The van der Waals surface area contributed by atoms with E-state index in [-0.39, 0.29) is 0 Å². The lowest BCUT2D eigenvalue weighted by molar-refractivity contribution is -0.0192. The zero-order valence-corrected chi connectivity index (χ0v) is 21.0. The van der Waals surface area contributed by atoms with Gasteiger partial charge in [-0.3, -0.25) is 9.89 Å².